The smallest absolute Gasteiger partial charge is 0.269 e. The van der Waals surface area contributed by atoms with E-state index in [0.717, 1.165) is 16.6 Å². The molecule has 0 bridgehead atoms. The summed E-state index contributed by atoms with van der Waals surface area (Å²) in [6.45, 7) is 3.34. The largest absolute Gasteiger partial charge is 0.480 e. The molecule has 0 spiro atoms. The third-order valence-electron chi connectivity index (χ3n) is 7.31. The lowest BCUT2D eigenvalue weighted by molar-refractivity contribution is 0.162. The highest BCUT2D eigenvalue weighted by molar-refractivity contribution is 7.90. The Morgan fingerprint density at radius 3 is 2.62 bits per heavy atom. The summed E-state index contributed by atoms with van der Waals surface area (Å²) >= 11 is 0. The summed E-state index contributed by atoms with van der Waals surface area (Å²) in [6, 6.07) is 12.7. The SMILES string of the molecule is COc1nc(N[C@@H]2[C@@H]3COC[C@@H]32)nc2c1c(-c1ccn3nccc3c1)cn2S(=O)(=O)c1ccc(C)cc1. The van der Waals surface area contributed by atoms with Crippen LogP contribution in [0.5, 0.6) is 5.88 Å². The van der Waals surface area contributed by atoms with Crippen molar-refractivity contribution in [3.63, 3.8) is 0 Å². The van der Waals surface area contributed by atoms with Gasteiger partial charge in [-0.25, -0.2) is 16.9 Å². The molecule has 1 N–H and O–H groups in total. The zero-order valence-electron chi connectivity index (χ0n) is 20.2. The molecule has 2 fully saturated rings. The van der Waals surface area contributed by atoms with Crippen molar-refractivity contribution >= 4 is 32.5 Å². The monoisotopic (exact) mass is 516 g/mol. The maximum atomic E-state index is 13.9. The van der Waals surface area contributed by atoms with Gasteiger partial charge in [0.1, 0.15) is 0 Å². The number of benzene rings is 1. The van der Waals surface area contributed by atoms with E-state index in [1.54, 1.807) is 41.2 Å². The summed E-state index contributed by atoms with van der Waals surface area (Å²) in [5.41, 5.74) is 3.54. The van der Waals surface area contributed by atoms with E-state index in [0.29, 0.717) is 47.8 Å². The van der Waals surface area contributed by atoms with Crippen molar-refractivity contribution < 1.29 is 17.9 Å². The fourth-order valence-corrected chi connectivity index (χ4v) is 6.51. The van der Waals surface area contributed by atoms with E-state index in [9.17, 15) is 8.42 Å². The maximum Gasteiger partial charge on any atom is 0.269 e. The Balaban J connectivity index is 1.44. The van der Waals surface area contributed by atoms with Gasteiger partial charge in [0, 0.05) is 42.0 Å². The minimum atomic E-state index is -3.97. The minimum Gasteiger partial charge on any atom is -0.480 e. The molecule has 0 radical (unpaired) electrons. The van der Waals surface area contributed by atoms with Gasteiger partial charge in [0.2, 0.25) is 11.8 Å². The number of aryl methyl sites for hydroxylation is 1. The number of hydrogen-bond donors (Lipinski definition) is 1. The molecule has 7 rings (SSSR count). The van der Waals surface area contributed by atoms with Gasteiger partial charge in [-0.2, -0.15) is 15.1 Å². The van der Waals surface area contributed by atoms with Crippen LogP contribution in [0.25, 0.3) is 27.7 Å². The van der Waals surface area contributed by atoms with E-state index < -0.39 is 10.0 Å². The predicted molar refractivity (Wildman–Crippen MR) is 137 cm³/mol. The van der Waals surface area contributed by atoms with Gasteiger partial charge in [-0.15, -0.1) is 0 Å². The molecule has 4 aromatic heterocycles. The van der Waals surface area contributed by atoms with E-state index in [-0.39, 0.29) is 16.6 Å². The van der Waals surface area contributed by atoms with E-state index in [1.165, 1.54) is 11.1 Å². The fourth-order valence-electron chi connectivity index (χ4n) is 5.20. The van der Waals surface area contributed by atoms with Crippen LogP contribution < -0.4 is 10.1 Å². The molecule has 37 heavy (non-hydrogen) atoms. The van der Waals surface area contributed by atoms with Crippen LogP contribution in [0.15, 0.2) is 66.0 Å². The summed E-state index contributed by atoms with van der Waals surface area (Å²) in [4.78, 5) is 9.53. The summed E-state index contributed by atoms with van der Waals surface area (Å²) in [6.07, 6.45) is 5.15. The van der Waals surface area contributed by atoms with Crippen LogP contribution >= 0.6 is 0 Å². The average Bonchev–Trinajstić information content (AvgIpc) is 3.38. The molecule has 1 aliphatic heterocycles. The highest BCUT2D eigenvalue weighted by atomic mass is 32.2. The van der Waals surface area contributed by atoms with Gasteiger partial charge in [-0.1, -0.05) is 17.7 Å². The number of nitrogens with one attached hydrogen (secondary N) is 1. The highest BCUT2D eigenvalue weighted by Crippen LogP contribution is 2.46. The van der Waals surface area contributed by atoms with Gasteiger partial charge in [-0.3, -0.25) is 0 Å². The first-order chi connectivity index (χ1) is 17.9. The van der Waals surface area contributed by atoms with Gasteiger partial charge in [0.05, 0.1) is 36.1 Å². The van der Waals surface area contributed by atoms with Gasteiger partial charge in [0.25, 0.3) is 10.0 Å². The van der Waals surface area contributed by atoms with Crippen molar-refractivity contribution in [2.24, 2.45) is 11.8 Å². The van der Waals surface area contributed by atoms with Crippen LogP contribution in [0.4, 0.5) is 5.95 Å². The molecule has 11 heteroatoms. The third kappa shape index (κ3) is 3.49. The predicted octanol–water partition coefficient (Wildman–Crippen LogP) is 3.36. The normalized spacial score (nSPS) is 20.9. The first kappa shape index (κ1) is 22.3. The van der Waals surface area contributed by atoms with Gasteiger partial charge < -0.3 is 14.8 Å². The molecule has 1 aromatic carbocycles. The Kier molecular flexibility index (Phi) is 4.82. The Morgan fingerprint density at radius 2 is 1.86 bits per heavy atom. The number of hydrogen-bond acceptors (Lipinski definition) is 8. The van der Waals surface area contributed by atoms with Gasteiger partial charge in [-0.05, 0) is 42.8 Å². The zero-order valence-corrected chi connectivity index (χ0v) is 21.0. The van der Waals surface area contributed by atoms with E-state index in [4.69, 9.17) is 14.5 Å². The Morgan fingerprint density at radius 1 is 1.08 bits per heavy atom. The second-order valence-electron chi connectivity index (χ2n) is 9.56. The molecule has 1 saturated carbocycles. The molecule has 188 valence electrons. The molecule has 1 saturated heterocycles. The van der Waals surface area contributed by atoms with Crippen LogP contribution in [0.2, 0.25) is 0 Å². The van der Waals surface area contributed by atoms with Crippen LogP contribution in [-0.2, 0) is 14.8 Å². The van der Waals surface area contributed by atoms with Crippen LogP contribution in [0, 0.1) is 18.8 Å². The molecular weight excluding hydrogens is 492 g/mol. The lowest BCUT2D eigenvalue weighted by Gasteiger charge is -2.11. The summed E-state index contributed by atoms with van der Waals surface area (Å²) in [7, 11) is -2.44. The quantitative estimate of drug-likeness (QED) is 0.366. The van der Waals surface area contributed by atoms with Gasteiger partial charge in [0.15, 0.2) is 5.65 Å². The number of rotatable bonds is 6. The summed E-state index contributed by atoms with van der Waals surface area (Å²) < 4.78 is 42.0. The van der Waals surface area contributed by atoms with Crippen molar-refractivity contribution in [1.29, 1.82) is 0 Å². The number of fused-ring (bicyclic) bond motifs is 3. The second-order valence-corrected chi connectivity index (χ2v) is 11.4. The first-order valence-electron chi connectivity index (χ1n) is 12.0. The summed E-state index contributed by atoms with van der Waals surface area (Å²) in [5.74, 6) is 1.48. The van der Waals surface area contributed by atoms with E-state index in [2.05, 4.69) is 15.4 Å². The van der Waals surface area contributed by atoms with Crippen molar-refractivity contribution in [3.05, 3.63) is 66.6 Å². The fraction of sp³-hybridized carbons (Fsp3) is 0.269. The van der Waals surface area contributed by atoms with Crippen LogP contribution in [0.1, 0.15) is 5.56 Å². The molecule has 1 aliphatic carbocycles. The number of anilines is 1. The number of methoxy groups -OCH3 is 1. The van der Waals surface area contributed by atoms with Crippen molar-refractivity contribution in [2.75, 3.05) is 25.6 Å². The molecule has 5 heterocycles. The first-order valence-corrected chi connectivity index (χ1v) is 13.5. The highest BCUT2D eigenvalue weighted by Gasteiger charge is 2.54. The number of aromatic nitrogens is 5. The molecule has 5 aromatic rings. The number of nitrogens with zero attached hydrogens (tertiary/aromatic N) is 5. The Labute approximate surface area is 212 Å². The van der Waals surface area contributed by atoms with E-state index in [1.807, 2.05) is 31.3 Å². The Hall–Kier alpha value is -3.96. The molecular formula is C26H24N6O4S. The molecule has 3 atom stereocenters. The average molecular weight is 517 g/mol. The topological polar surface area (TPSA) is 113 Å². The number of pyridine rings is 1. The van der Waals surface area contributed by atoms with Crippen molar-refractivity contribution in [2.45, 2.75) is 17.9 Å². The minimum absolute atomic E-state index is 0.175. The molecule has 0 amide bonds. The zero-order chi connectivity index (χ0) is 25.3. The Bertz CT molecular complexity index is 1770. The molecule has 10 nitrogen and oxygen atoms in total. The third-order valence-corrected chi connectivity index (χ3v) is 8.97. The molecule has 2 aliphatic rings. The molecule has 0 unspecified atom stereocenters. The lowest BCUT2D eigenvalue weighted by Crippen LogP contribution is -2.16. The lowest BCUT2D eigenvalue weighted by atomic mass is 10.1. The van der Waals surface area contributed by atoms with E-state index >= 15 is 0 Å². The van der Waals surface area contributed by atoms with Crippen LogP contribution in [0.3, 0.4) is 0 Å². The maximum absolute atomic E-state index is 13.9. The standard InChI is InChI=1S/C26H24N6O4S/c1-15-3-5-18(6-4-15)37(33,34)32-12-19(16-8-10-31-17(11-16)7-9-27-31)22-24(32)29-26(30-25(22)35-2)28-23-20-13-36-14-21(20)23/h3-12,20-21,23H,13-14H2,1-2H3,(H,28,29,30)/t20-,21+,23-. The summed E-state index contributed by atoms with van der Waals surface area (Å²) in [5, 5.41) is 8.16. The number of ether oxygens (including phenoxy) is 2. The van der Waals surface area contributed by atoms with Gasteiger partial charge >= 0.3 is 0 Å². The van der Waals surface area contributed by atoms with Crippen molar-refractivity contribution in [1.82, 2.24) is 23.6 Å². The second kappa shape index (κ2) is 8.02. The van der Waals surface area contributed by atoms with Crippen molar-refractivity contribution in [3.8, 4) is 17.0 Å². The van der Waals surface area contributed by atoms with Crippen LogP contribution in [-0.4, -0.2) is 58.3 Å².